The molecule has 0 aliphatic carbocycles. The highest BCUT2D eigenvalue weighted by Crippen LogP contribution is 2.18. The number of hydrogen-bond acceptors (Lipinski definition) is 4. The van der Waals surface area contributed by atoms with Gasteiger partial charge in [-0.15, -0.1) is 0 Å². The zero-order chi connectivity index (χ0) is 13.7. The summed E-state index contributed by atoms with van der Waals surface area (Å²) < 4.78 is 31.0. The minimum absolute atomic E-state index is 0.142. The lowest BCUT2D eigenvalue weighted by atomic mass is 10.2. The van der Waals surface area contributed by atoms with Gasteiger partial charge in [0.1, 0.15) is 5.69 Å². The molecule has 102 valence electrons. The van der Waals surface area contributed by atoms with E-state index in [0.29, 0.717) is 17.9 Å². The number of rotatable bonds is 6. The number of furan rings is 1. The maximum atomic E-state index is 11.6. The summed E-state index contributed by atoms with van der Waals surface area (Å²) in [5.41, 5.74) is 1.54. The van der Waals surface area contributed by atoms with Crippen LogP contribution in [0.3, 0.4) is 0 Å². The smallest absolute Gasteiger partial charge is 0.211 e. The molecule has 5 nitrogen and oxygen atoms in total. The summed E-state index contributed by atoms with van der Waals surface area (Å²) in [6.07, 6.45) is 3.82. The van der Waals surface area contributed by atoms with E-state index in [1.165, 1.54) is 0 Å². The van der Waals surface area contributed by atoms with Gasteiger partial charge in [0.25, 0.3) is 0 Å². The van der Waals surface area contributed by atoms with E-state index in [1.54, 1.807) is 24.6 Å². The van der Waals surface area contributed by atoms with Crippen LogP contribution in [0.15, 0.2) is 41.1 Å². The number of pyridine rings is 1. The van der Waals surface area contributed by atoms with Gasteiger partial charge in [-0.25, -0.2) is 13.1 Å². The third kappa shape index (κ3) is 3.90. The van der Waals surface area contributed by atoms with E-state index in [-0.39, 0.29) is 12.3 Å². The van der Waals surface area contributed by atoms with E-state index >= 15 is 0 Å². The molecule has 0 aliphatic heterocycles. The lowest BCUT2D eigenvalue weighted by molar-refractivity contribution is 0.579. The zero-order valence-electron chi connectivity index (χ0n) is 10.7. The van der Waals surface area contributed by atoms with Crippen molar-refractivity contribution in [3.63, 3.8) is 0 Å². The first-order valence-electron chi connectivity index (χ1n) is 6.07. The van der Waals surface area contributed by atoms with E-state index in [2.05, 4.69) is 9.71 Å². The molecule has 0 unspecified atom stereocenters. The maximum Gasteiger partial charge on any atom is 0.211 e. The molecule has 0 radical (unpaired) electrons. The van der Waals surface area contributed by atoms with Gasteiger partial charge in [0.2, 0.25) is 10.0 Å². The molecule has 1 N–H and O–H groups in total. The van der Waals surface area contributed by atoms with Crippen molar-refractivity contribution >= 4 is 10.0 Å². The fourth-order valence-electron chi connectivity index (χ4n) is 1.68. The van der Waals surface area contributed by atoms with E-state index in [0.717, 1.165) is 5.56 Å². The summed E-state index contributed by atoms with van der Waals surface area (Å²) in [6.45, 7) is 2.10. The van der Waals surface area contributed by atoms with Crippen LogP contribution in [0.4, 0.5) is 0 Å². The Morgan fingerprint density at radius 3 is 2.89 bits per heavy atom. The van der Waals surface area contributed by atoms with Crippen molar-refractivity contribution in [2.45, 2.75) is 19.9 Å². The number of nitrogens with one attached hydrogen (secondary N) is 1. The van der Waals surface area contributed by atoms with Gasteiger partial charge in [-0.1, -0.05) is 6.92 Å². The van der Waals surface area contributed by atoms with Crippen LogP contribution in [0.2, 0.25) is 0 Å². The Morgan fingerprint density at radius 1 is 1.37 bits per heavy atom. The maximum absolute atomic E-state index is 11.6. The molecule has 0 spiro atoms. The van der Waals surface area contributed by atoms with Gasteiger partial charge >= 0.3 is 0 Å². The normalized spacial score (nSPS) is 11.6. The topological polar surface area (TPSA) is 72.2 Å². The molecule has 0 aliphatic rings. The number of nitrogens with zero attached hydrogens (tertiary/aromatic N) is 1. The van der Waals surface area contributed by atoms with Crippen LogP contribution in [0.1, 0.15) is 18.9 Å². The van der Waals surface area contributed by atoms with Crippen molar-refractivity contribution in [1.82, 2.24) is 9.71 Å². The number of hydrogen-bond donors (Lipinski definition) is 1. The zero-order valence-corrected chi connectivity index (χ0v) is 11.5. The molecule has 0 atom stereocenters. The molecule has 2 aromatic rings. The molecular weight excluding hydrogens is 264 g/mol. The first kappa shape index (κ1) is 13.8. The minimum Gasteiger partial charge on any atom is -0.463 e. The van der Waals surface area contributed by atoms with Crippen molar-refractivity contribution in [1.29, 1.82) is 0 Å². The Hall–Kier alpha value is -1.66. The van der Waals surface area contributed by atoms with Crippen molar-refractivity contribution in [2.24, 2.45) is 0 Å². The van der Waals surface area contributed by atoms with Crippen LogP contribution < -0.4 is 4.72 Å². The first-order chi connectivity index (χ1) is 9.11. The summed E-state index contributed by atoms with van der Waals surface area (Å²) >= 11 is 0. The molecule has 2 heterocycles. The lowest BCUT2D eigenvalue weighted by Crippen LogP contribution is -2.25. The Labute approximate surface area is 112 Å². The monoisotopic (exact) mass is 280 g/mol. The Morgan fingerprint density at radius 2 is 2.21 bits per heavy atom. The second-order valence-electron chi connectivity index (χ2n) is 4.17. The van der Waals surface area contributed by atoms with Crippen LogP contribution in [0.5, 0.6) is 0 Å². The first-order valence-corrected chi connectivity index (χ1v) is 7.72. The SMILES string of the molecule is CCCS(=O)(=O)NCc1ccnc(-c2ccco2)c1. The second kappa shape index (κ2) is 5.99. The van der Waals surface area contributed by atoms with E-state index in [9.17, 15) is 8.42 Å². The molecule has 0 amide bonds. The molecule has 19 heavy (non-hydrogen) atoms. The summed E-state index contributed by atoms with van der Waals surface area (Å²) in [4.78, 5) is 4.19. The van der Waals surface area contributed by atoms with Crippen molar-refractivity contribution in [3.05, 3.63) is 42.3 Å². The Kier molecular flexibility index (Phi) is 4.34. The summed E-state index contributed by atoms with van der Waals surface area (Å²) in [5, 5.41) is 0. The fourth-order valence-corrected chi connectivity index (χ4v) is 2.75. The molecule has 2 rings (SSSR count). The Balaban J connectivity index is 2.08. The summed E-state index contributed by atoms with van der Waals surface area (Å²) in [7, 11) is -3.19. The molecular formula is C13H16N2O3S. The van der Waals surface area contributed by atoms with Crippen molar-refractivity contribution < 1.29 is 12.8 Å². The lowest BCUT2D eigenvalue weighted by Gasteiger charge is -2.06. The van der Waals surface area contributed by atoms with Crippen LogP contribution in [-0.2, 0) is 16.6 Å². The highest BCUT2D eigenvalue weighted by molar-refractivity contribution is 7.89. The molecule has 0 aromatic carbocycles. The Bertz CT molecular complexity index is 621. The summed E-state index contributed by atoms with van der Waals surface area (Å²) in [6, 6.07) is 7.19. The predicted octanol–water partition coefficient (Wildman–Crippen LogP) is 2.17. The molecule has 0 bridgehead atoms. The molecule has 0 fully saturated rings. The van der Waals surface area contributed by atoms with Gasteiger partial charge < -0.3 is 4.42 Å². The quantitative estimate of drug-likeness (QED) is 0.880. The van der Waals surface area contributed by atoms with Crippen molar-refractivity contribution in [3.8, 4) is 11.5 Å². The largest absolute Gasteiger partial charge is 0.463 e. The highest BCUT2D eigenvalue weighted by atomic mass is 32.2. The van der Waals surface area contributed by atoms with E-state index in [1.807, 2.05) is 19.1 Å². The fraction of sp³-hybridized carbons (Fsp3) is 0.308. The van der Waals surface area contributed by atoms with Crippen LogP contribution in [0.25, 0.3) is 11.5 Å². The molecule has 2 aromatic heterocycles. The van der Waals surface area contributed by atoms with Gasteiger partial charge in [0, 0.05) is 12.7 Å². The van der Waals surface area contributed by atoms with Crippen molar-refractivity contribution in [2.75, 3.05) is 5.75 Å². The van der Waals surface area contributed by atoms with E-state index < -0.39 is 10.0 Å². The van der Waals surface area contributed by atoms with Gasteiger partial charge in [0.05, 0.1) is 12.0 Å². The van der Waals surface area contributed by atoms with Crippen LogP contribution >= 0.6 is 0 Å². The van der Waals surface area contributed by atoms with Crippen LogP contribution in [-0.4, -0.2) is 19.2 Å². The second-order valence-corrected chi connectivity index (χ2v) is 6.09. The third-order valence-electron chi connectivity index (χ3n) is 2.57. The highest BCUT2D eigenvalue weighted by Gasteiger charge is 2.09. The number of aromatic nitrogens is 1. The average Bonchev–Trinajstić information content (AvgIpc) is 2.91. The van der Waals surface area contributed by atoms with Crippen LogP contribution in [0, 0.1) is 0 Å². The van der Waals surface area contributed by atoms with Gasteiger partial charge in [-0.05, 0) is 36.2 Å². The molecule has 0 saturated heterocycles. The average molecular weight is 280 g/mol. The predicted molar refractivity (Wildman–Crippen MR) is 72.9 cm³/mol. The van der Waals surface area contributed by atoms with Gasteiger partial charge in [-0.2, -0.15) is 0 Å². The number of sulfonamides is 1. The standard InChI is InChI=1S/C13H16N2O3S/c1-2-8-19(16,17)15-10-11-5-6-14-12(9-11)13-4-3-7-18-13/h3-7,9,15H,2,8,10H2,1H3. The summed E-state index contributed by atoms with van der Waals surface area (Å²) in [5.74, 6) is 0.807. The van der Waals surface area contributed by atoms with Gasteiger partial charge in [0.15, 0.2) is 5.76 Å². The van der Waals surface area contributed by atoms with E-state index in [4.69, 9.17) is 4.42 Å². The van der Waals surface area contributed by atoms with Gasteiger partial charge in [-0.3, -0.25) is 4.98 Å². The molecule has 0 saturated carbocycles. The third-order valence-corrected chi connectivity index (χ3v) is 4.10. The molecule has 6 heteroatoms. The minimum atomic E-state index is -3.19.